The summed E-state index contributed by atoms with van der Waals surface area (Å²) in [5, 5.41) is 5.32. The fourth-order valence-electron chi connectivity index (χ4n) is 3.79. The number of pyridine rings is 1. The number of nitrogens with zero attached hydrogens (tertiary/aromatic N) is 2. The van der Waals surface area contributed by atoms with E-state index in [9.17, 15) is 4.39 Å². The highest BCUT2D eigenvalue weighted by Crippen LogP contribution is 2.27. The molecule has 1 aromatic heterocycles. The molecule has 0 aliphatic carbocycles. The normalized spacial score (nSPS) is 22.0. The minimum Gasteiger partial charge on any atom is -0.487 e. The third-order valence-corrected chi connectivity index (χ3v) is 5.16. The van der Waals surface area contributed by atoms with Gasteiger partial charge in [0, 0.05) is 43.5 Å². The minimum atomic E-state index is -0.298. The van der Waals surface area contributed by atoms with Crippen LogP contribution in [0.2, 0.25) is 0 Å². The summed E-state index contributed by atoms with van der Waals surface area (Å²) < 4.78 is 20.2. The molecule has 0 amide bonds. The maximum atomic E-state index is 14.3. The number of likely N-dealkylation sites (tertiary alicyclic amines) is 1. The number of nitrogens with one attached hydrogen (secondary N) is 1. The Bertz CT molecular complexity index is 700. The standard InChI is InChI=1S/C19H24FN3O.ClH/c20-18-10-15-12-21-7-3-14(15)11-19(18)24-17-4-8-23(9-5-17)13-16-2-1-6-22-16;/h3,7,10-12,16-17,22H,1-2,4-6,8-9,13H2;1H/t16-;/m0./s1. The van der Waals surface area contributed by atoms with E-state index in [0.717, 1.165) is 49.8 Å². The third-order valence-electron chi connectivity index (χ3n) is 5.16. The molecule has 1 atom stereocenters. The van der Waals surface area contributed by atoms with E-state index >= 15 is 0 Å². The van der Waals surface area contributed by atoms with Crippen LogP contribution in [0.25, 0.3) is 10.8 Å². The van der Waals surface area contributed by atoms with Gasteiger partial charge in [-0.05, 0) is 55.8 Å². The highest BCUT2D eigenvalue weighted by atomic mass is 35.5. The Morgan fingerprint density at radius 1 is 1.20 bits per heavy atom. The predicted octanol–water partition coefficient (Wildman–Crippen LogP) is 3.39. The molecule has 6 heteroatoms. The Morgan fingerprint density at radius 2 is 2.04 bits per heavy atom. The smallest absolute Gasteiger partial charge is 0.165 e. The van der Waals surface area contributed by atoms with Crippen molar-refractivity contribution in [2.24, 2.45) is 0 Å². The summed E-state index contributed by atoms with van der Waals surface area (Å²) in [5.41, 5.74) is 0. The molecule has 2 fully saturated rings. The highest BCUT2D eigenvalue weighted by Gasteiger charge is 2.24. The van der Waals surface area contributed by atoms with Gasteiger partial charge < -0.3 is 15.0 Å². The van der Waals surface area contributed by atoms with E-state index in [-0.39, 0.29) is 24.3 Å². The third kappa shape index (κ3) is 4.40. The van der Waals surface area contributed by atoms with Gasteiger partial charge in [-0.2, -0.15) is 0 Å². The molecule has 0 saturated carbocycles. The quantitative estimate of drug-likeness (QED) is 0.901. The van der Waals surface area contributed by atoms with E-state index in [1.165, 1.54) is 18.9 Å². The summed E-state index contributed by atoms with van der Waals surface area (Å²) in [7, 11) is 0. The van der Waals surface area contributed by atoms with Crippen molar-refractivity contribution < 1.29 is 9.13 Å². The van der Waals surface area contributed by atoms with Gasteiger partial charge in [-0.25, -0.2) is 4.39 Å². The lowest BCUT2D eigenvalue weighted by Crippen LogP contribution is -2.44. The molecular formula is C19H25ClFN3O. The van der Waals surface area contributed by atoms with Crippen LogP contribution in [0.1, 0.15) is 25.7 Å². The SMILES string of the molecule is Cl.Fc1cc2cnccc2cc1OC1CCN(C[C@@H]2CCCN2)CC1. The molecule has 4 nitrogen and oxygen atoms in total. The van der Waals surface area contributed by atoms with Gasteiger partial charge in [-0.1, -0.05) is 0 Å². The Kier molecular flexibility index (Phi) is 6.10. The molecule has 2 saturated heterocycles. The van der Waals surface area contributed by atoms with Crippen LogP contribution >= 0.6 is 12.4 Å². The fourth-order valence-corrected chi connectivity index (χ4v) is 3.79. The lowest BCUT2D eigenvalue weighted by molar-refractivity contribution is 0.0929. The zero-order chi connectivity index (χ0) is 16.4. The van der Waals surface area contributed by atoms with Crippen molar-refractivity contribution in [2.45, 2.75) is 37.8 Å². The molecule has 2 aromatic rings. The van der Waals surface area contributed by atoms with Crippen LogP contribution in [0.4, 0.5) is 4.39 Å². The molecule has 0 radical (unpaired) electrons. The van der Waals surface area contributed by atoms with Gasteiger partial charge >= 0.3 is 0 Å². The van der Waals surface area contributed by atoms with Crippen LogP contribution < -0.4 is 10.1 Å². The number of benzene rings is 1. The van der Waals surface area contributed by atoms with Gasteiger partial charge in [0.05, 0.1) is 0 Å². The average Bonchev–Trinajstić information content (AvgIpc) is 3.10. The first-order valence-corrected chi connectivity index (χ1v) is 8.93. The minimum absolute atomic E-state index is 0. The number of ether oxygens (including phenoxy) is 1. The number of piperidine rings is 1. The average molecular weight is 366 g/mol. The molecule has 0 spiro atoms. The molecule has 0 unspecified atom stereocenters. The van der Waals surface area contributed by atoms with Gasteiger partial charge in [0.25, 0.3) is 0 Å². The number of hydrogen-bond donors (Lipinski definition) is 1. The van der Waals surface area contributed by atoms with Crippen LogP contribution in [0.3, 0.4) is 0 Å². The molecule has 4 rings (SSSR count). The van der Waals surface area contributed by atoms with E-state index in [2.05, 4.69) is 15.2 Å². The maximum absolute atomic E-state index is 14.3. The van der Waals surface area contributed by atoms with Gasteiger partial charge in [0.15, 0.2) is 11.6 Å². The Balaban J connectivity index is 0.00000182. The summed E-state index contributed by atoms with van der Waals surface area (Å²) in [4.78, 5) is 6.54. The second-order valence-corrected chi connectivity index (χ2v) is 6.92. The zero-order valence-corrected chi connectivity index (χ0v) is 15.1. The molecule has 1 aromatic carbocycles. The summed E-state index contributed by atoms with van der Waals surface area (Å²) in [5.74, 6) is 0.0673. The van der Waals surface area contributed by atoms with E-state index in [4.69, 9.17) is 4.74 Å². The second-order valence-electron chi connectivity index (χ2n) is 6.92. The van der Waals surface area contributed by atoms with Crippen molar-refractivity contribution in [3.63, 3.8) is 0 Å². The summed E-state index contributed by atoms with van der Waals surface area (Å²) in [6.07, 6.45) is 8.00. The molecule has 1 N–H and O–H groups in total. The molecular weight excluding hydrogens is 341 g/mol. The Labute approximate surface area is 154 Å². The van der Waals surface area contributed by atoms with Crippen LogP contribution in [0.15, 0.2) is 30.6 Å². The number of fused-ring (bicyclic) bond motifs is 1. The van der Waals surface area contributed by atoms with Gasteiger partial charge in [-0.15, -0.1) is 12.4 Å². The largest absolute Gasteiger partial charge is 0.487 e. The molecule has 0 bridgehead atoms. The van der Waals surface area contributed by atoms with Crippen molar-refractivity contribution in [1.82, 2.24) is 15.2 Å². The lowest BCUT2D eigenvalue weighted by atomic mass is 10.1. The van der Waals surface area contributed by atoms with Crippen molar-refractivity contribution in [3.05, 3.63) is 36.4 Å². The van der Waals surface area contributed by atoms with E-state index in [1.807, 2.05) is 6.07 Å². The van der Waals surface area contributed by atoms with Gasteiger partial charge in [-0.3, -0.25) is 4.98 Å². The van der Waals surface area contributed by atoms with E-state index in [0.29, 0.717) is 11.8 Å². The highest BCUT2D eigenvalue weighted by molar-refractivity contribution is 5.85. The fraction of sp³-hybridized carbons (Fsp3) is 0.526. The number of hydrogen-bond acceptors (Lipinski definition) is 4. The van der Waals surface area contributed by atoms with Crippen molar-refractivity contribution in [1.29, 1.82) is 0 Å². The zero-order valence-electron chi connectivity index (χ0n) is 14.3. The maximum Gasteiger partial charge on any atom is 0.165 e. The van der Waals surface area contributed by atoms with Crippen molar-refractivity contribution >= 4 is 23.2 Å². The monoisotopic (exact) mass is 365 g/mol. The summed E-state index contributed by atoms with van der Waals surface area (Å²) in [6, 6.07) is 5.84. The number of aromatic nitrogens is 1. The van der Waals surface area contributed by atoms with Crippen molar-refractivity contribution in [2.75, 3.05) is 26.2 Å². The van der Waals surface area contributed by atoms with E-state index < -0.39 is 0 Å². The second kappa shape index (κ2) is 8.30. The topological polar surface area (TPSA) is 37.4 Å². The number of rotatable bonds is 4. The summed E-state index contributed by atoms with van der Waals surface area (Å²) >= 11 is 0. The predicted molar refractivity (Wildman–Crippen MR) is 100 cm³/mol. The molecule has 3 heterocycles. The number of halogens is 2. The van der Waals surface area contributed by atoms with Crippen molar-refractivity contribution in [3.8, 4) is 5.75 Å². The molecule has 136 valence electrons. The Hall–Kier alpha value is -1.43. The van der Waals surface area contributed by atoms with Gasteiger partial charge in [0.2, 0.25) is 0 Å². The lowest BCUT2D eigenvalue weighted by Gasteiger charge is -2.33. The van der Waals surface area contributed by atoms with Crippen LogP contribution in [0.5, 0.6) is 5.75 Å². The van der Waals surface area contributed by atoms with Crippen LogP contribution in [-0.2, 0) is 0 Å². The molecule has 2 aliphatic heterocycles. The van der Waals surface area contributed by atoms with E-state index in [1.54, 1.807) is 18.5 Å². The Morgan fingerprint density at radius 3 is 2.80 bits per heavy atom. The molecule has 25 heavy (non-hydrogen) atoms. The van der Waals surface area contributed by atoms with Crippen LogP contribution in [0, 0.1) is 5.82 Å². The van der Waals surface area contributed by atoms with Crippen LogP contribution in [-0.4, -0.2) is 48.2 Å². The molecule has 2 aliphatic rings. The summed E-state index contributed by atoms with van der Waals surface area (Å²) in [6.45, 7) is 4.34. The first kappa shape index (κ1) is 18.4. The first-order chi connectivity index (χ1) is 11.8. The van der Waals surface area contributed by atoms with Gasteiger partial charge in [0.1, 0.15) is 6.10 Å². The first-order valence-electron chi connectivity index (χ1n) is 8.93.